The van der Waals surface area contributed by atoms with Crippen LogP contribution in [0.5, 0.6) is 5.75 Å². The first-order valence-electron chi connectivity index (χ1n) is 8.70. The van der Waals surface area contributed by atoms with Crippen LogP contribution in [0.15, 0.2) is 12.1 Å². The van der Waals surface area contributed by atoms with Crippen LogP contribution in [0.4, 0.5) is 0 Å². The molecule has 0 radical (unpaired) electrons. The lowest BCUT2D eigenvalue weighted by molar-refractivity contribution is -0.134. The fraction of sp³-hybridized carbons (Fsp3) is 0.632. The van der Waals surface area contributed by atoms with Gasteiger partial charge in [0.1, 0.15) is 5.75 Å². The van der Waals surface area contributed by atoms with Crippen molar-refractivity contribution < 1.29 is 9.53 Å². The number of hydrogen-bond acceptors (Lipinski definition) is 3. The summed E-state index contributed by atoms with van der Waals surface area (Å²) in [5, 5.41) is 3.40. The number of hydrogen-bond donors (Lipinski definition) is 1. The maximum absolute atomic E-state index is 12.4. The quantitative estimate of drug-likeness (QED) is 0.877. The Morgan fingerprint density at radius 3 is 2.39 bits per heavy atom. The fourth-order valence-electron chi connectivity index (χ4n) is 3.35. The number of amides is 1. The Balaban J connectivity index is 1.82. The lowest BCUT2D eigenvalue weighted by atomic mass is 9.97. The number of carbonyl (C=O) groups is 1. The third-order valence-corrected chi connectivity index (χ3v) is 4.59. The Bertz CT molecular complexity index is 511. The second kappa shape index (κ2) is 8.34. The average molecular weight is 318 g/mol. The summed E-state index contributed by atoms with van der Waals surface area (Å²) >= 11 is 0. The Labute approximate surface area is 140 Å². The Morgan fingerprint density at radius 2 is 1.83 bits per heavy atom. The molecule has 1 amide bonds. The largest absolute Gasteiger partial charge is 0.483 e. The van der Waals surface area contributed by atoms with Gasteiger partial charge >= 0.3 is 0 Å². The SMILES string of the molecule is CCNCC1CCN(C(=O)COc2c(C)cc(C)cc2C)CC1. The van der Waals surface area contributed by atoms with E-state index in [0.29, 0.717) is 5.92 Å². The molecule has 0 bridgehead atoms. The average Bonchev–Trinajstić information content (AvgIpc) is 2.52. The molecule has 1 heterocycles. The number of ether oxygens (including phenoxy) is 1. The molecule has 1 saturated heterocycles. The van der Waals surface area contributed by atoms with E-state index < -0.39 is 0 Å². The third kappa shape index (κ3) is 4.96. The molecule has 0 saturated carbocycles. The second-order valence-electron chi connectivity index (χ2n) is 6.65. The molecule has 0 unspecified atom stereocenters. The van der Waals surface area contributed by atoms with E-state index in [1.807, 2.05) is 18.7 Å². The second-order valence-corrected chi connectivity index (χ2v) is 6.65. The highest BCUT2D eigenvalue weighted by Crippen LogP contribution is 2.24. The molecule has 128 valence electrons. The Hall–Kier alpha value is -1.55. The molecule has 1 N–H and O–H groups in total. The first-order chi connectivity index (χ1) is 11.0. The summed E-state index contributed by atoms with van der Waals surface area (Å²) in [5.41, 5.74) is 3.42. The first-order valence-corrected chi connectivity index (χ1v) is 8.70. The Kier molecular flexibility index (Phi) is 6.46. The van der Waals surface area contributed by atoms with E-state index in [1.54, 1.807) is 0 Å². The number of nitrogens with one attached hydrogen (secondary N) is 1. The summed E-state index contributed by atoms with van der Waals surface area (Å²) in [7, 11) is 0. The molecular weight excluding hydrogens is 288 g/mol. The van der Waals surface area contributed by atoms with E-state index in [4.69, 9.17) is 4.74 Å². The lowest BCUT2D eigenvalue weighted by Gasteiger charge is -2.32. The van der Waals surface area contributed by atoms with Crippen LogP contribution in [0.2, 0.25) is 0 Å². The van der Waals surface area contributed by atoms with Gasteiger partial charge in [-0.05, 0) is 63.7 Å². The van der Waals surface area contributed by atoms with E-state index in [2.05, 4.69) is 31.3 Å². The van der Waals surface area contributed by atoms with Crippen LogP contribution in [0.1, 0.15) is 36.5 Å². The van der Waals surface area contributed by atoms with Crippen LogP contribution in [0.3, 0.4) is 0 Å². The van der Waals surface area contributed by atoms with Crippen molar-refractivity contribution in [2.45, 2.75) is 40.5 Å². The van der Waals surface area contributed by atoms with Crippen molar-refractivity contribution in [2.24, 2.45) is 5.92 Å². The number of rotatable bonds is 6. The normalized spacial score (nSPS) is 15.7. The molecule has 1 fully saturated rings. The highest BCUT2D eigenvalue weighted by Gasteiger charge is 2.23. The van der Waals surface area contributed by atoms with Gasteiger partial charge in [-0.3, -0.25) is 4.79 Å². The summed E-state index contributed by atoms with van der Waals surface area (Å²) in [6.45, 7) is 12.2. The highest BCUT2D eigenvalue weighted by atomic mass is 16.5. The molecule has 1 aromatic carbocycles. The van der Waals surface area contributed by atoms with E-state index in [0.717, 1.165) is 55.9 Å². The smallest absolute Gasteiger partial charge is 0.260 e. The van der Waals surface area contributed by atoms with Crippen molar-refractivity contribution in [1.29, 1.82) is 0 Å². The molecule has 1 aliphatic heterocycles. The summed E-state index contributed by atoms with van der Waals surface area (Å²) < 4.78 is 5.83. The number of carbonyl (C=O) groups excluding carboxylic acids is 1. The van der Waals surface area contributed by atoms with Crippen LogP contribution in [-0.4, -0.2) is 43.6 Å². The summed E-state index contributed by atoms with van der Waals surface area (Å²) in [5.74, 6) is 1.65. The standard InChI is InChI=1S/C19H30N2O2/c1-5-20-12-17-6-8-21(9-7-17)18(22)13-23-19-15(3)10-14(2)11-16(19)4/h10-11,17,20H,5-9,12-13H2,1-4H3. The number of nitrogens with zero attached hydrogens (tertiary/aromatic N) is 1. The van der Waals surface area contributed by atoms with Crippen LogP contribution in [0, 0.1) is 26.7 Å². The molecular formula is C19H30N2O2. The van der Waals surface area contributed by atoms with Gasteiger partial charge in [0.25, 0.3) is 5.91 Å². The van der Waals surface area contributed by atoms with Gasteiger partial charge in [0.15, 0.2) is 6.61 Å². The predicted octanol–water partition coefficient (Wildman–Crippen LogP) is 2.84. The number of aryl methyl sites for hydroxylation is 3. The molecule has 4 nitrogen and oxygen atoms in total. The summed E-state index contributed by atoms with van der Waals surface area (Å²) in [6.07, 6.45) is 2.17. The lowest BCUT2D eigenvalue weighted by Crippen LogP contribution is -2.42. The van der Waals surface area contributed by atoms with Gasteiger partial charge in [0, 0.05) is 13.1 Å². The third-order valence-electron chi connectivity index (χ3n) is 4.59. The number of piperidine rings is 1. The van der Waals surface area contributed by atoms with Gasteiger partial charge in [-0.2, -0.15) is 0 Å². The van der Waals surface area contributed by atoms with Gasteiger partial charge in [0.2, 0.25) is 0 Å². The van der Waals surface area contributed by atoms with Crippen molar-refractivity contribution in [3.63, 3.8) is 0 Å². The van der Waals surface area contributed by atoms with E-state index in [9.17, 15) is 4.79 Å². The molecule has 0 spiro atoms. The summed E-state index contributed by atoms with van der Waals surface area (Å²) in [6, 6.07) is 4.19. The zero-order chi connectivity index (χ0) is 16.8. The zero-order valence-electron chi connectivity index (χ0n) is 14.9. The van der Waals surface area contributed by atoms with Crippen LogP contribution in [0.25, 0.3) is 0 Å². The van der Waals surface area contributed by atoms with Gasteiger partial charge in [0.05, 0.1) is 0 Å². The van der Waals surface area contributed by atoms with Crippen LogP contribution in [-0.2, 0) is 4.79 Å². The van der Waals surface area contributed by atoms with Crippen molar-refractivity contribution in [2.75, 3.05) is 32.8 Å². The molecule has 0 aliphatic carbocycles. The topological polar surface area (TPSA) is 41.6 Å². The minimum absolute atomic E-state index is 0.103. The maximum Gasteiger partial charge on any atom is 0.260 e. The maximum atomic E-state index is 12.4. The molecule has 23 heavy (non-hydrogen) atoms. The molecule has 1 aliphatic rings. The van der Waals surface area contributed by atoms with Crippen molar-refractivity contribution in [3.05, 3.63) is 28.8 Å². The van der Waals surface area contributed by atoms with E-state index >= 15 is 0 Å². The molecule has 0 atom stereocenters. The molecule has 0 aromatic heterocycles. The number of likely N-dealkylation sites (tertiary alicyclic amines) is 1. The first kappa shape index (κ1) is 17.8. The fourth-order valence-corrected chi connectivity index (χ4v) is 3.35. The van der Waals surface area contributed by atoms with Crippen LogP contribution >= 0.6 is 0 Å². The summed E-state index contributed by atoms with van der Waals surface area (Å²) in [4.78, 5) is 14.3. The zero-order valence-corrected chi connectivity index (χ0v) is 14.9. The van der Waals surface area contributed by atoms with Gasteiger partial charge in [-0.25, -0.2) is 0 Å². The molecule has 4 heteroatoms. The minimum atomic E-state index is 0.103. The van der Waals surface area contributed by atoms with Crippen molar-refractivity contribution in [3.8, 4) is 5.75 Å². The predicted molar refractivity (Wildman–Crippen MR) is 94.0 cm³/mol. The number of benzene rings is 1. The van der Waals surface area contributed by atoms with Gasteiger partial charge < -0.3 is 15.0 Å². The van der Waals surface area contributed by atoms with E-state index in [1.165, 1.54) is 5.56 Å². The molecule has 1 aromatic rings. The highest BCUT2D eigenvalue weighted by molar-refractivity contribution is 5.78. The monoisotopic (exact) mass is 318 g/mol. The van der Waals surface area contributed by atoms with E-state index in [-0.39, 0.29) is 12.5 Å². The van der Waals surface area contributed by atoms with Crippen LogP contribution < -0.4 is 10.1 Å². The van der Waals surface area contributed by atoms with Gasteiger partial charge in [-0.1, -0.05) is 24.6 Å². The van der Waals surface area contributed by atoms with Crippen molar-refractivity contribution in [1.82, 2.24) is 10.2 Å². The van der Waals surface area contributed by atoms with Crippen molar-refractivity contribution >= 4 is 5.91 Å². The Morgan fingerprint density at radius 1 is 1.22 bits per heavy atom. The minimum Gasteiger partial charge on any atom is -0.483 e. The molecule has 2 rings (SSSR count). The van der Waals surface area contributed by atoms with Gasteiger partial charge in [-0.15, -0.1) is 0 Å².